The van der Waals surface area contributed by atoms with Crippen molar-refractivity contribution in [3.8, 4) is 28.3 Å². The van der Waals surface area contributed by atoms with Gasteiger partial charge in [-0.25, -0.2) is 13.1 Å². The van der Waals surface area contributed by atoms with Gasteiger partial charge in [-0.05, 0) is 61.0 Å². The van der Waals surface area contributed by atoms with Crippen molar-refractivity contribution in [3.05, 3.63) is 78.2 Å². The van der Waals surface area contributed by atoms with Crippen LogP contribution in [0.5, 0.6) is 0 Å². The summed E-state index contributed by atoms with van der Waals surface area (Å²) >= 11 is 0. The molecule has 0 fully saturated rings. The summed E-state index contributed by atoms with van der Waals surface area (Å²) in [7, 11) is -3.43. The highest BCUT2D eigenvalue weighted by molar-refractivity contribution is 7.90. The van der Waals surface area contributed by atoms with Gasteiger partial charge < -0.3 is 4.42 Å². The van der Waals surface area contributed by atoms with Crippen molar-refractivity contribution in [1.29, 1.82) is 0 Å². The lowest BCUT2D eigenvalue weighted by Crippen LogP contribution is -2.07. The molecular weight excluding hydrogens is 429 g/mol. The molecule has 5 nitrogen and oxygen atoms in total. The molecule has 160 valence electrons. The molecule has 4 rings (SSSR count). The van der Waals surface area contributed by atoms with Crippen LogP contribution in [0, 0.1) is 6.92 Å². The normalized spacial score (nSPS) is 12.3. The molecule has 0 saturated carbocycles. The van der Waals surface area contributed by atoms with E-state index in [9.17, 15) is 21.6 Å². The maximum Gasteiger partial charge on any atom is 0.435 e. The van der Waals surface area contributed by atoms with Crippen LogP contribution in [0.25, 0.3) is 28.3 Å². The molecule has 2 aromatic heterocycles. The third kappa shape index (κ3) is 4.13. The van der Waals surface area contributed by atoms with Crippen LogP contribution < -0.4 is 0 Å². The van der Waals surface area contributed by atoms with Crippen LogP contribution in [0.2, 0.25) is 0 Å². The highest BCUT2D eigenvalue weighted by Crippen LogP contribution is 2.35. The van der Waals surface area contributed by atoms with E-state index >= 15 is 0 Å². The molecule has 0 radical (unpaired) electrons. The maximum absolute atomic E-state index is 13.4. The van der Waals surface area contributed by atoms with Gasteiger partial charge in [0, 0.05) is 17.4 Å². The predicted molar refractivity (Wildman–Crippen MR) is 110 cm³/mol. The first-order valence-corrected chi connectivity index (χ1v) is 11.1. The van der Waals surface area contributed by atoms with E-state index in [1.165, 1.54) is 24.3 Å². The van der Waals surface area contributed by atoms with E-state index < -0.39 is 21.7 Å². The Morgan fingerprint density at radius 1 is 1.00 bits per heavy atom. The van der Waals surface area contributed by atoms with Crippen molar-refractivity contribution in [3.63, 3.8) is 0 Å². The molecule has 0 aliphatic heterocycles. The smallest absolute Gasteiger partial charge is 0.435 e. The zero-order valence-electron chi connectivity index (χ0n) is 16.5. The summed E-state index contributed by atoms with van der Waals surface area (Å²) in [6, 6.07) is 15.3. The summed E-state index contributed by atoms with van der Waals surface area (Å²) in [6.45, 7) is 1.84. The molecule has 0 spiro atoms. The largest absolute Gasteiger partial charge is 0.464 e. The summed E-state index contributed by atoms with van der Waals surface area (Å²) < 4.78 is 70.1. The Bertz CT molecular complexity index is 1340. The number of halogens is 3. The van der Waals surface area contributed by atoms with Gasteiger partial charge in [-0.2, -0.15) is 18.3 Å². The first-order chi connectivity index (χ1) is 14.5. The lowest BCUT2D eigenvalue weighted by molar-refractivity contribution is -0.141. The van der Waals surface area contributed by atoms with Crippen molar-refractivity contribution in [2.75, 3.05) is 6.26 Å². The Kier molecular flexibility index (Phi) is 5.01. The SMILES string of the molecule is Cc1cc(-c2cc(C(F)(F)F)nn2-c2ccc(S(C)(=O)=O)cc2)ccc1-c1ccco1. The first-order valence-electron chi connectivity index (χ1n) is 9.17. The predicted octanol–water partition coefficient (Wildman–Crippen LogP) is 5.53. The van der Waals surface area contributed by atoms with Crippen LogP contribution in [-0.2, 0) is 16.0 Å². The lowest BCUT2D eigenvalue weighted by Gasteiger charge is -2.10. The van der Waals surface area contributed by atoms with Crippen molar-refractivity contribution < 1.29 is 26.0 Å². The zero-order valence-corrected chi connectivity index (χ0v) is 17.3. The van der Waals surface area contributed by atoms with E-state index in [2.05, 4.69) is 5.10 Å². The van der Waals surface area contributed by atoms with Crippen molar-refractivity contribution in [2.24, 2.45) is 0 Å². The Labute approximate surface area is 176 Å². The monoisotopic (exact) mass is 446 g/mol. The van der Waals surface area contributed by atoms with Gasteiger partial charge in [0.1, 0.15) is 5.76 Å². The Morgan fingerprint density at radius 3 is 2.26 bits per heavy atom. The molecule has 0 aliphatic rings. The first kappa shape index (κ1) is 20.9. The van der Waals surface area contributed by atoms with E-state index in [4.69, 9.17) is 4.42 Å². The van der Waals surface area contributed by atoms with E-state index in [-0.39, 0.29) is 10.6 Å². The molecule has 0 aliphatic carbocycles. The average Bonchev–Trinajstić information content (AvgIpc) is 3.37. The molecule has 9 heteroatoms. The van der Waals surface area contributed by atoms with Crippen LogP contribution in [0.3, 0.4) is 0 Å². The Balaban J connectivity index is 1.84. The van der Waals surface area contributed by atoms with Crippen molar-refractivity contribution >= 4 is 9.84 Å². The zero-order chi connectivity index (χ0) is 22.4. The minimum absolute atomic E-state index is 0.0691. The number of benzene rings is 2. The molecule has 0 amide bonds. The third-order valence-corrected chi connectivity index (χ3v) is 5.95. The van der Waals surface area contributed by atoms with Crippen LogP contribution in [0.4, 0.5) is 13.2 Å². The molecule has 0 N–H and O–H groups in total. The summed E-state index contributed by atoms with van der Waals surface area (Å²) in [5, 5.41) is 3.75. The Morgan fingerprint density at radius 2 is 1.71 bits per heavy atom. The molecule has 0 saturated heterocycles. The fraction of sp³-hybridized carbons (Fsp3) is 0.136. The molecule has 2 aromatic carbocycles. The van der Waals surface area contributed by atoms with E-state index in [0.717, 1.165) is 28.1 Å². The van der Waals surface area contributed by atoms with Crippen molar-refractivity contribution in [1.82, 2.24) is 9.78 Å². The number of rotatable bonds is 4. The van der Waals surface area contributed by atoms with Crippen LogP contribution in [0.15, 0.2) is 76.2 Å². The van der Waals surface area contributed by atoms with Gasteiger partial charge in [-0.3, -0.25) is 0 Å². The van der Waals surface area contributed by atoms with E-state index in [1.54, 1.807) is 36.6 Å². The second-order valence-corrected chi connectivity index (χ2v) is 9.11. The molecule has 31 heavy (non-hydrogen) atoms. The number of nitrogens with zero attached hydrogens (tertiary/aromatic N) is 2. The summed E-state index contributed by atoms with van der Waals surface area (Å²) in [5.41, 5.74) is 1.68. The number of hydrogen-bond donors (Lipinski definition) is 0. The van der Waals surface area contributed by atoms with Gasteiger partial charge in [0.15, 0.2) is 15.5 Å². The highest BCUT2D eigenvalue weighted by atomic mass is 32.2. The van der Waals surface area contributed by atoms with Gasteiger partial charge in [0.2, 0.25) is 0 Å². The van der Waals surface area contributed by atoms with Crippen LogP contribution >= 0.6 is 0 Å². The average molecular weight is 446 g/mol. The standard InChI is InChI=1S/C22H17F3N2O3S/c1-14-12-15(5-10-18(14)20-4-3-11-30-20)19-13-21(22(23,24)25)26-27(19)16-6-8-17(9-7-16)31(2,28)29/h3-13H,1-2H3. The number of sulfone groups is 1. The van der Waals surface area contributed by atoms with Crippen LogP contribution in [0.1, 0.15) is 11.3 Å². The van der Waals surface area contributed by atoms with Crippen molar-refractivity contribution in [2.45, 2.75) is 18.0 Å². The lowest BCUT2D eigenvalue weighted by atomic mass is 10.0. The number of aromatic nitrogens is 2. The fourth-order valence-electron chi connectivity index (χ4n) is 3.29. The van der Waals surface area contributed by atoms with E-state index in [0.29, 0.717) is 17.0 Å². The molecule has 0 atom stereocenters. The van der Waals surface area contributed by atoms with Gasteiger partial charge in [0.05, 0.1) is 22.5 Å². The second-order valence-electron chi connectivity index (χ2n) is 7.10. The van der Waals surface area contributed by atoms with Gasteiger partial charge in [-0.1, -0.05) is 12.1 Å². The van der Waals surface area contributed by atoms with Gasteiger partial charge in [-0.15, -0.1) is 0 Å². The number of hydrogen-bond acceptors (Lipinski definition) is 4. The fourth-order valence-corrected chi connectivity index (χ4v) is 3.92. The summed E-state index contributed by atoms with van der Waals surface area (Å²) in [6.07, 6.45) is -2.02. The quantitative estimate of drug-likeness (QED) is 0.414. The molecule has 0 bridgehead atoms. The molecule has 0 unspecified atom stereocenters. The third-order valence-electron chi connectivity index (χ3n) is 4.82. The topological polar surface area (TPSA) is 65.1 Å². The maximum atomic E-state index is 13.4. The Hall–Kier alpha value is -3.33. The number of aryl methyl sites for hydroxylation is 1. The van der Waals surface area contributed by atoms with Gasteiger partial charge in [0.25, 0.3) is 0 Å². The van der Waals surface area contributed by atoms with Gasteiger partial charge >= 0.3 is 6.18 Å². The second kappa shape index (κ2) is 7.42. The van der Waals surface area contributed by atoms with Crippen LogP contribution in [-0.4, -0.2) is 24.5 Å². The molecule has 2 heterocycles. The highest BCUT2D eigenvalue weighted by Gasteiger charge is 2.35. The summed E-state index contributed by atoms with van der Waals surface area (Å²) in [5.74, 6) is 0.657. The number of alkyl halides is 3. The minimum atomic E-state index is -4.63. The number of furan rings is 1. The summed E-state index contributed by atoms with van der Waals surface area (Å²) in [4.78, 5) is 0.0691. The minimum Gasteiger partial charge on any atom is -0.464 e. The molecule has 4 aromatic rings. The molecular formula is C22H17F3N2O3S. The van der Waals surface area contributed by atoms with E-state index in [1.807, 2.05) is 6.92 Å².